The number of anilines is 1. The number of ether oxygens (including phenoxy) is 1. The fourth-order valence-corrected chi connectivity index (χ4v) is 2.54. The molecule has 0 aliphatic carbocycles. The largest absolute Gasteiger partial charge is 0.483 e. The zero-order valence-corrected chi connectivity index (χ0v) is 12.5. The van der Waals surface area contributed by atoms with Crippen LogP contribution < -0.4 is 15.4 Å². The van der Waals surface area contributed by atoms with Gasteiger partial charge in [0.15, 0.2) is 11.9 Å². The van der Waals surface area contributed by atoms with Crippen molar-refractivity contribution < 1.29 is 4.74 Å². The number of hydrogen-bond acceptors (Lipinski definition) is 5. The topological polar surface area (TPSA) is 80.1 Å². The van der Waals surface area contributed by atoms with E-state index in [0.29, 0.717) is 22.5 Å². The number of nitrogens with one attached hydrogen (secondary N) is 1. The minimum absolute atomic E-state index is 0.201. The Morgan fingerprint density at radius 2 is 2.38 bits per heavy atom. The van der Waals surface area contributed by atoms with Gasteiger partial charge >= 0.3 is 0 Å². The molecule has 2 unspecified atom stereocenters. The molecule has 3 rings (SSSR count). The molecule has 1 aliphatic rings. The van der Waals surface area contributed by atoms with E-state index in [9.17, 15) is 0 Å². The molecule has 2 heterocycles. The smallest absolute Gasteiger partial charge is 0.244 e. The van der Waals surface area contributed by atoms with Crippen LogP contribution in [0.4, 0.5) is 5.95 Å². The van der Waals surface area contributed by atoms with Gasteiger partial charge in [-0.1, -0.05) is 17.7 Å². The maximum Gasteiger partial charge on any atom is 0.244 e. The Morgan fingerprint density at radius 1 is 1.52 bits per heavy atom. The van der Waals surface area contributed by atoms with Crippen LogP contribution in [0.2, 0.25) is 5.02 Å². The van der Waals surface area contributed by atoms with Crippen LogP contribution in [-0.4, -0.2) is 34.3 Å². The number of aromatic amines is 1. The van der Waals surface area contributed by atoms with Gasteiger partial charge in [0.05, 0.1) is 0 Å². The molecule has 1 aliphatic heterocycles. The molecule has 1 saturated heterocycles. The van der Waals surface area contributed by atoms with Gasteiger partial charge in [0.1, 0.15) is 5.75 Å². The highest BCUT2D eigenvalue weighted by molar-refractivity contribution is 6.30. The number of nitrogens with two attached hydrogens (primary N) is 1. The zero-order chi connectivity index (χ0) is 14.8. The zero-order valence-electron chi connectivity index (χ0n) is 11.8. The Balaban J connectivity index is 1.68. The van der Waals surface area contributed by atoms with Crippen LogP contribution in [0.3, 0.4) is 0 Å². The van der Waals surface area contributed by atoms with Gasteiger partial charge in [-0.3, -0.25) is 5.10 Å². The number of benzene rings is 1. The summed E-state index contributed by atoms with van der Waals surface area (Å²) < 4.78 is 5.82. The van der Waals surface area contributed by atoms with Crippen molar-refractivity contribution in [3.63, 3.8) is 0 Å². The third-order valence-electron chi connectivity index (χ3n) is 3.49. The van der Waals surface area contributed by atoms with Gasteiger partial charge < -0.3 is 15.4 Å². The molecule has 7 heteroatoms. The lowest BCUT2D eigenvalue weighted by molar-refractivity contribution is 0.217. The number of H-pyrrole nitrogens is 1. The molecule has 6 nitrogen and oxygen atoms in total. The minimum Gasteiger partial charge on any atom is -0.483 e. The molecule has 0 radical (unpaired) electrons. The SMILES string of the molecule is CC(Oc1cccc(Cl)c1)c1nc(N2CCC(N)C2)n[nH]1. The van der Waals surface area contributed by atoms with E-state index in [4.69, 9.17) is 22.1 Å². The highest BCUT2D eigenvalue weighted by Gasteiger charge is 2.23. The maximum absolute atomic E-state index is 5.94. The molecule has 3 N–H and O–H groups in total. The molecule has 112 valence electrons. The van der Waals surface area contributed by atoms with Crippen molar-refractivity contribution in [1.82, 2.24) is 15.2 Å². The second-order valence-electron chi connectivity index (χ2n) is 5.23. The first-order valence-electron chi connectivity index (χ1n) is 6.97. The quantitative estimate of drug-likeness (QED) is 0.904. The summed E-state index contributed by atoms with van der Waals surface area (Å²) in [5.74, 6) is 2.07. The summed E-state index contributed by atoms with van der Waals surface area (Å²) in [7, 11) is 0. The molecule has 1 aromatic heterocycles. The van der Waals surface area contributed by atoms with Gasteiger partial charge in [0.25, 0.3) is 0 Å². The lowest BCUT2D eigenvalue weighted by Crippen LogP contribution is -2.27. The molecular weight excluding hydrogens is 290 g/mol. The van der Waals surface area contributed by atoms with E-state index in [0.717, 1.165) is 19.5 Å². The van der Waals surface area contributed by atoms with Crippen LogP contribution in [0.25, 0.3) is 0 Å². The summed E-state index contributed by atoms with van der Waals surface area (Å²) in [6, 6.07) is 7.49. The lowest BCUT2D eigenvalue weighted by Gasteiger charge is -2.13. The van der Waals surface area contributed by atoms with E-state index < -0.39 is 0 Å². The van der Waals surface area contributed by atoms with Crippen LogP contribution in [0.5, 0.6) is 5.75 Å². The predicted molar refractivity (Wildman–Crippen MR) is 81.7 cm³/mol. The number of nitrogens with zero attached hydrogens (tertiary/aromatic N) is 3. The molecule has 1 fully saturated rings. The Hall–Kier alpha value is -1.79. The summed E-state index contributed by atoms with van der Waals surface area (Å²) in [5.41, 5.74) is 5.90. The van der Waals surface area contributed by atoms with Crippen LogP contribution in [0, 0.1) is 0 Å². The van der Waals surface area contributed by atoms with E-state index in [2.05, 4.69) is 20.1 Å². The lowest BCUT2D eigenvalue weighted by atomic mass is 10.3. The Bertz CT molecular complexity index is 617. The van der Waals surface area contributed by atoms with Crippen LogP contribution in [0.1, 0.15) is 25.3 Å². The van der Waals surface area contributed by atoms with Crippen molar-refractivity contribution >= 4 is 17.5 Å². The summed E-state index contributed by atoms with van der Waals surface area (Å²) in [4.78, 5) is 6.57. The normalized spacial score (nSPS) is 19.8. The van der Waals surface area contributed by atoms with Crippen LogP contribution in [-0.2, 0) is 0 Å². The van der Waals surface area contributed by atoms with Crippen LogP contribution >= 0.6 is 11.6 Å². The van der Waals surface area contributed by atoms with E-state index in [1.54, 1.807) is 6.07 Å². The van der Waals surface area contributed by atoms with E-state index in [1.807, 2.05) is 25.1 Å². The first-order valence-corrected chi connectivity index (χ1v) is 7.34. The third-order valence-corrected chi connectivity index (χ3v) is 3.73. The molecular formula is C14H18ClN5O. The molecule has 0 spiro atoms. The van der Waals surface area contributed by atoms with Crippen molar-refractivity contribution in [3.05, 3.63) is 35.1 Å². The summed E-state index contributed by atoms with van der Waals surface area (Å²) in [5, 5.41) is 7.81. The first kappa shape index (κ1) is 14.2. The predicted octanol–water partition coefficient (Wildman–Crippen LogP) is 2.14. The van der Waals surface area contributed by atoms with Crippen molar-refractivity contribution in [2.75, 3.05) is 18.0 Å². The van der Waals surface area contributed by atoms with Gasteiger partial charge in [-0.15, -0.1) is 5.10 Å². The highest BCUT2D eigenvalue weighted by atomic mass is 35.5. The van der Waals surface area contributed by atoms with E-state index in [1.165, 1.54) is 0 Å². The molecule has 0 saturated carbocycles. The van der Waals surface area contributed by atoms with E-state index in [-0.39, 0.29) is 12.1 Å². The summed E-state index contributed by atoms with van der Waals surface area (Å²) in [6.07, 6.45) is 0.735. The fourth-order valence-electron chi connectivity index (χ4n) is 2.36. The monoisotopic (exact) mass is 307 g/mol. The molecule has 1 aromatic carbocycles. The Labute approximate surface area is 128 Å². The highest BCUT2D eigenvalue weighted by Crippen LogP contribution is 2.24. The molecule has 2 aromatic rings. The molecule has 0 bridgehead atoms. The third kappa shape index (κ3) is 3.28. The van der Waals surface area contributed by atoms with Gasteiger partial charge in [-0.2, -0.15) is 4.98 Å². The summed E-state index contributed by atoms with van der Waals surface area (Å²) >= 11 is 5.94. The molecule has 21 heavy (non-hydrogen) atoms. The van der Waals surface area contributed by atoms with Gasteiger partial charge in [0, 0.05) is 24.2 Å². The second kappa shape index (κ2) is 5.91. The Morgan fingerprint density at radius 3 is 3.10 bits per heavy atom. The first-order chi connectivity index (χ1) is 10.1. The van der Waals surface area contributed by atoms with E-state index >= 15 is 0 Å². The van der Waals surface area contributed by atoms with Crippen molar-refractivity contribution in [2.45, 2.75) is 25.5 Å². The van der Waals surface area contributed by atoms with Crippen molar-refractivity contribution in [3.8, 4) is 5.75 Å². The second-order valence-corrected chi connectivity index (χ2v) is 5.67. The molecule has 2 atom stereocenters. The van der Waals surface area contributed by atoms with Gasteiger partial charge in [0.2, 0.25) is 5.95 Å². The number of aromatic nitrogens is 3. The Kier molecular flexibility index (Phi) is 3.98. The standard InChI is InChI=1S/C14H18ClN5O/c1-9(21-12-4-2-3-10(15)7-12)13-17-14(19-18-13)20-6-5-11(16)8-20/h2-4,7,9,11H,5-6,8,16H2,1H3,(H,17,18,19). The number of rotatable bonds is 4. The number of hydrogen-bond donors (Lipinski definition) is 2. The fraction of sp³-hybridized carbons (Fsp3) is 0.429. The van der Waals surface area contributed by atoms with Crippen LogP contribution in [0.15, 0.2) is 24.3 Å². The average Bonchev–Trinajstić information content (AvgIpc) is 3.07. The number of halogens is 1. The minimum atomic E-state index is -0.235. The maximum atomic E-state index is 5.94. The van der Waals surface area contributed by atoms with Gasteiger partial charge in [-0.25, -0.2) is 0 Å². The van der Waals surface area contributed by atoms with Crippen molar-refractivity contribution in [1.29, 1.82) is 0 Å². The average molecular weight is 308 g/mol. The molecule has 0 amide bonds. The van der Waals surface area contributed by atoms with Gasteiger partial charge in [-0.05, 0) is 31.5 Å². The van der Waals surface area contributed by atoms with Crippen molar-refractivity contribution in [2.24, 2.45) is 5.73 Å². The summed E-state index contributed by atoms with van der Waals surface area (Å²) in [6.45, 7) is 3.60.